The van der Waals surface area contributed by atoms with Crippen molar-refractivity contribution >= 4 is 49.7 Å². The number of rotatable bonds is 8. The highest BCUT2D eigenvalue weighted by atomic mass is 35.5. The van der Waals surface area contributed by atoms with Gasteiger partial charge >= 0.3 is 0 Å². The Bertz CT molecular complexity index is 1170. The third kappa shape index (κ3) is 5.52. The Kier molecular flexibility index (Phi) is 7.14. The van der Waals surface area contributed by atoms with Crippen molar-refractivity contribution in [2.75, 3.05) is 23.0 Å². The molecule has 0 unspecified atom stereocenters. The lowest BCUT2D eigenvalue weighted by Gasteiger charge is -2.29. The molecule has 0 radical (unpaired) electrons. The third-order valence-electron chi connectivity index (χ3n) is 4.38. The Hall–Kier alpha value is -2.69. The molecule has 164 valence electrons. The maximum Gasteiger partial charge on any atom is 0.250 e. The maximum absolute atomic E-state index is 13.0. The molecule has 0 saturated carbocycles. The summed E-state index contributed by atoms with van der Waals surface area (Å²) in [6, 6.07) is 12.7. The van der Waals surface area contributed by atoms with E-state index >= 15 is 0 Å². The van der Waals surface area contributed by atoms with Crippen molar-refractivity contribution in [3.05, 3.63) is 53.6 Å². The van der Waals surface area contributed by atoms with Crippen molar-refractivity contribution in [3.63, 3.8) is 0 Å². The fraction of sp³-hybridized carbons (Fsp3) is 0.250. The van der Waals surface area contributed by atoms with E-state index < -0.39 is 22.0 Å². The second-order valence-corrected chi connectivity index (χ2v) is 9.87. The van der Waals surface area contributed by atoms with Crippen LogP contribution < -0.4 is 14.4 Å². The number of ether oxygens (including phenoxy) is 1. The topological polar surface area (TPSA) is 101 Å². The van der Waals surface area contributed by atoms with Crippen LogP contribution in [0.4, 0.5) is 10.8 Å². The number of benzene rings is 2. The van der Waals surface area contributed by atoms with E-state index in [1.54, 1.807) is 44.4 Å². The van der Waals surface area contributed by atoms with Gasteiger partial charge in [-0.05, 0) is 48.9 Å². The van der Waals surface area contributed by atoms with Crippen LogP contribution in [0.2, 0.25) is 5.02 Å². The number of carbonyl (C=O) groups excluding carboxylic acids is 1. The smallest absolute Gasteiger partial charge is 0.250 e. The quantitative estimate of drug-likeness (QED) is 0.522. The molecule has 1 aromatic heterocycles. The molecular formula is C20H21ClN4O4S2. The number of hydrogen-bond acceptors (Lipinski definition) is 7. The SMILES string of the molecule is CC[C@H](C(=O)Nc1nnc(-c2ccc(OC)cc2)s1)N(c1cccc(Cl)c1)S(C)(=O)=O. The third-order valence-corrected chi connectivity index (χ3v) is 6.69. The minimum Gasteiger partial charge on any atom is -0.497 e. The van der Waals surface area contributed by atoms with Gasteiger partial charge in [-0.1, -0.05) is 35.9 Å². The van der Waals surface area contributed by atoms with Crippen LogP contribution in [0.1, 0.15) is 13.3 Å². The molecule has 0 fully saturated rings. The van der Waals surface area contributed by atoms with Crippen molar-refractivity contribution in [1.82, 2.24) is 10.2 Å². The monoisotopic (exact) mass is 480 g/mol. The number of amides is 1. The molecule has 1 N–H and O–H groups in total. The van der Waals surface area contributed by atoms with Gasteiger partial charge in [0.2, 0.25) is 21.1 Å². The number of carbonyl (C=O) groups is 1. The van der Waals surface area contributed by atoms with Crippen molar-refractivity contribution in [3.8, 4) is 16.3 Å². The first-order chi connectivity index (χ1) is 14.7. The highest BCUT2D eigenvalue weighted by molar-refractivity contribution is 7.92. The van der Waals surface area contributed by atoms with Crippen molar-refractivity contribution in [2.45, 2.75) is 19.4 Å². The lowest BCUT2D eigenvalue weighted by Crippen LogP contribution is -2.47. The van der Waals surface area contributed by atoms with Crippen molar-refractivity contribution < 1.29 is 17.9 Å². The Morgan fingerprint density at radius 3 is 2.52 bits per heavy atom. The molecule has 1 atom stereocenters. The van der Waals surface area contributed by atoms with Gasteiger partial charge in [0.1, 0.15) is 16.8 Å². The number of nitrogens with one attached hydrogen (secondary N) is 1. The zero-order chi connectivity index (χ0) is 22.6. The number of methoxy groups -OCH3 is 1. The highest BCUT2D eigenvalue weighted by Crippen LogP contribution is 2.29. The molecule has 11 heteroatoms. The first-order valence-electron chi connectivity index (χ1n) is 9.26. The number of sulfonamides is 1. The predicted molar refractivity (Wildman–Crippen MR) is 123 cm³/mol. The zero-order valence-electron chi connectivity index (χ0n) is 17.1. The van der Waals surface area contributed by atoms with E-state index in [1.807, 2.05) is 12.1 Å². The Labute approximate surface area is 189 Å². The van der Waals surface area contributed by atoms with E-state index in [-0.39, 0.29) is 11.6 Å². The number of anilines is 2. The summed E-state index contributed by atoms with van der Waals surface area (Å²) in [4.78, 5) is 13.0. The second-order valence-electron chi connectivity index (χ2n) is 6.59. The van der Waals surface area contributed by atoms with Crippen LogP contribution in [-0.4, -0.2) is 43.9 Å². The van der Waals surface area contributed by atoms with Crippen LogP contribution in [0, 0.1) is 0 Å². The first-order valence-corrected chi connectivity index (χ1v) is 12.3. The molecule has 0 aliphatic carbocycles. The minimum absolute atomic E-state index is 0.246. The zero-order valence-corrected chi connectivity index (χ0v) is 19.5. The Balaban J connectivity index is 1.84. The molecule has 0 aliphatic rings. The summed E-state index contributed by atoms with van der Waals surface area (Å²) >= 11 is 7.22. The molecule has 0 spiro atoms. The van der Waals surface area contributed by atoms with Crippen LogP contribution in [0.5, 0.6) is 5.75 Å². The average Bonchev–Trinajstić information content (AvgIpc) is 3.19. The summed E-state index contributed by atoms with van der Waals surface area (Å²) in [6.07, 6.45) is 1.30. The minimum atomic E-state index is -3.76. The van der Waals surface area contributed by atoms with Gasteiger partial charge in [-0.15, -0.1) is 10.2 Å². The summed E-state index contributed by atoms with van der Waals surface area (Å²) in [6.45, 7) is 1.73. The standard InChI is InChI=1S/C20H21ClN4O4S2/c1-4-17(25(31(3,27)28)15-7-5-6-14(21)12-15)18(26)22-20-24-23-19(30-20)13-8-10-16(29-2)11-9-13/h5-12,17H,4H2,1-3H3,(H,22,24,26)/t17-/m1/s1. The number of hydrogen-bond donors (Lipinski definition) is 1. The molecule has 2 aromatic carbocycles. The van der Waals surface area contributed by atoms with Gasteiger partial charge in [0.25, 0.3) is 0 Å². The lowest BCUT2D eigenvalue weighted by atomic mass is 10.2. The molecule has 1 amide bonds. The fourth-order valence-corrected chi connectivity index (χ4v) is 5.13. The van der Waals surface area contributed by atoms with Crippen molar-refractivity contribution in [2.24, 2.45) is 0 Å². The fourth-order valence-electron chi connectivity index (χ4n) is 2.99. The highest BCUT2D eigenvalue weighted by Gasteiger charge is 2.32. The van der Waals surface area contributed by atoms with Gasteiger partial charge < -0.3 is 4.74 Å². The molecular weight excluding hydrogens is 460 g/mol. The van der Waals surface area contributed by atoms with E-state index in [2.05, 4.69) is 15.5 Å². The summed E-state index contributed by atoms with van der Waals surface area (Å²) in [5.74, 6) is 0.208. The molecule has 0 aliphatic heterocycles. The van der Waals surface area contributed by atoms with Crippen LogP contribution in [0.3, 0.4) is 0 Å². The van der Waals surface area contributed by atoms with Gasteiger partial charge in [0.15, 0.2) is 0 Å². The largest absolute Gasteiger partial charge is 0.497 e. The Morgan fingerprint density at radius 2 is 1.94 bits per heavy atom. The molecule has 31 heavy (non-hydrogen) atoms. The molecule has 1 heterocycles. The molecule has 0 bridgehead atoms. The molecule has 8 nitrogen and oxygen atoms in total. The van der Waals surface area contributed by atoms with Crippen molar-refractivity contribution in [1.29, 1.82) is 0 Å². The second kappa shape index (κ2) is 9.63. The maximum atomic E-state index is 13.0. The normalized spacial score (nSPS) is 12.3. The molecule has 0 saturated heterocycles. The summed E-state index contributed by atoms with van der Waals surface area (Å²) in [5, 5.41) is 12.1. The average molecular weight is 481 g/mol. The first kappa shape index (κ1) is 23.0. The molecule has 3 aromatic rings. The van der Waals surface area contributed by atoms with E-state index in [1.165, 1.54) is 17.4 Å². The van der Waals surface area contributed by atoms with E-state index in [0.717, 1.165) is 21.9 Å². The van der Waals surface area contributed by atoms with Gasteiger partial charge in [0, 0.05) is 10.6 Å². The van der Waals surface area contributed by atoms with E-state index in [9.17, 15) is 13.2 Å². The molecule has 3 rings (SSSR count). The van der Waals surface area contributed by atoms with Crippen LogP contribution in [-0.2, 0) is 14.8 Å². The van der Waals surface area contributed by atoms with E-state index in [4.69, 9.17) is 16.3 Å². The lowest BCUT2D eigenvalue weighted by molar-refractivity contribution is -0.117. The summed E-state index contributed by atoms with van der Waals surface area (Å²) < 4.78 is 31.2. The Morgan fingerprint density at radius 1 is 1.23 bits per heavy atom. The van der Waals surface area contributed by atoms with Crippen LogP contribution in [0.15, 0.2) is 48.5 Å². The number of aromatic nitrogens is 2. The van der Waals surface area contributed by atoms with Gasteiger partial charge in [-0.3, -0.25) is 14.4 Å². The van der Waals surface area contributed by atoms with Crippen LogP contribution >= 0.6 is 22.9 Å². The van der Waals surface area contributed by atoms with Gasteiger partial charge in [0.05, 0.1) is 19.1 Å². The number of halogens is 1. The summed E-state index contributed by atoms with van der Waals surface area (Å²) in [7, 11) is -2.17. The predicted octanol–water partition coefficient (Wildman–Crippen LogP) is 4.05. The number of nitrogens with zero attached hydrogens (tertiary/aromatic N) is 3. The van der Waals surface area contributed by atoms with Crippen LogP contribution in [0.25, 0.3) is 10.6 Å². The van der Waals surface area contributed by atoms with E-state index in [0.29, 0.717) is 15.7 Å². The summed E-state index contributed by atoms with van der Waals surface area (Å²) in [5.41, 5.74) is 1.13. The van der Waals surface area contributed by atoms with Gasteiger partial charge in [-0.25, -0.2) is 8.42 Å². The van der Waals surface area contributed by atoms with Gasteiger partial charge in [-0.2, -0.15) is 0 Å².